The third-order valence-corrected chi connectivity index (χ3v) is 6.49. The van der Waals surface area contributed by atoms with Gasteiger partial charge in [-0.2, -0.15) is 0 Å². The molecule has 176 valence electrons. The van der Waals surface area contributed by atoms with Crippen LogP contribution in [0.4, 0.5) is 11.4 Å². The van der Waals surface area contributed by atoms with Crippen molar-refractivity contribution in [3.8, 4) is 0 Å². The highest BCUT2D eigenvalue weighted by molar-refractivity contribution is 6.07. The molecule has 1 aliphatic heterocycles. The van der Waals surface area contributed by atoms with Gasteiger partial charge in [0, 0.05) is 48.0 Å². The molecule has 1 saturated carbocycles. The van der Waals surface area contributed by atoms with Crippen LogP contribution in [0.2, 0.25) is 0 Å². The monoisotopic (exact) mass is 458 g/mol. The molecule has 1 saturated heterocycles. The molecule has 3 aromatic rings. The highest BCUT2D eigenvalue weighted by Gasteiger charge is 2.28. The maximum Gasteiger partial charge on any atom is 0.255 e. The van der Waals surface area contributed by atoms with Gasteiger partial charge in [0.25, 0.3) is 5.91 Å². The summed E-state index contributed by atoms with van der Waals surface area (Å²) in [5, 5.41) is 3.76. The van der Waals surface area contributed by atoms with Gasteiger partial charge in [-0.1, -0.05) is 18.2 Å². The summed E-state index contributed by atoms with van der Waals surface area (Å²) in [5.74, 6) is 0.0888. The summed E-state index contributed by atoms with van der Waals surface area (Å²) >= 11 is 0. The van der Waals surface area contributed by atoms with Gasteiger partial charge < -0.3 is 19.9 Å². The number of nitrogens with zero attached hydrogens (tertiary/aromatic N) is 3. The Morgan fingerprint density at radius 2 is 1.82 bits per heavy atom. The summed E-state index contributed by atoms with van der Waals surface area (Å²) in [6.45, 7) is 5.53. The van der Waals surface area contributed by atoms with Gasteiger partial charge in [-0.25, -0.2) is 0 Å². The van der Waals surface area contributed by atoms with E-state index < -0.39 is 0 Å². The van der Waals surface area contributed by atoms with Crippen LogP contribution >= 0.6 is 0 Å². The minimum Gasteiger partial charge on any atom is -0.378 e. The number of anilines is 2. The van der Waals surface area contributed by atoms with Gasteiger partial charge in [-0.3, -0.25) is 14.6 Å². The van der Waals surface area contributed by atoms with Gasteiger partial charge in [-0.05, 0) is 56.2 Å². The van der Waals surface area contributed by atoms with Crippen molar-refractivity contribution in [3.05, 3.63) is 65.9 Å². The molecule has 2 aromatic carbocycles. The number of hydrogen-bond acceptors (Lipinski definition) is 5. The van der Waals surface area contributed by atoms with E-state index in [-0.39, 0.29) is 18.4 Å². The number of ether oxygens (including phenoxy) is 1. The minimum absolute atomic E-state index is 0.00401. The van der Waals surface area contributed by atoms with Gasteiger partial charge >= 0.3 is 0 Å². The molecule has 0 bridgehead atoms. The van der Waals surface area contributed by atoms with E-state index in [2.05, 4.69) is 10.2 Å². The highest BCUT2D eigenvalue weighted by atomic mass is 16.5. The molecule has 5 rings (SSSR count). The lowest BCUT2D eigenvalue weighted by molar-refractivity contribution is -0.116. The highest BCUT2D eigenvalue weighted by Crippen LogP contribution is 2.40. The van der Waals surface area contributed by atoms with Crippen LogP contribution in [0.25, 0.3) is 10.9 Å². The van der Waals surface area contributed by atoms with E-state index in [0.717, 1.165) is 67.1 Å². The number of pyridine rings is 1. The van der Waals surface area contributed by atoms with Gasteiger partial charge in [-0.15, -0.1) is 0 Å². The number of aromatic nitrogens is 1. The maximum atomic E-state index is 13.5. The summed E-state index contributed by atoms with van der Waals surface area (Å²) in [6.07, 6.45) is 2.23. The van der Waals surface area contributed by atoms with Crippen molar-refractivity contribution in [3.63, 3.8) is 0 Å². The molecule has 1 N–H and O–H groups in total. The molecule has 2 fully saturated rings. The Labute approximate surface area is 199 Å². The first kappa shape index (κ1) is 22.3. The molecule has 2 heterocycles. The fraction of sp³-hybridized carbons (Fsp3) is 0.370. The van der Waals surface area contributed by atoms with Crippen molar-refractivity contribution in [1.29, 1.82) is 0 Å². The van der Waals surface area contributed by atoms with Gasteiger partial charge in [0.2, 0.25) is 5.91 Å². The molecule has 2 amide bonds. The average molecular weight is 459 g/mol. The van der Waals surface area contributed by atoms with Crippen LogP contribution in [-0.4, -0.2) is 61.1 Å². The number of benzene rings is 2. The van der Waals surface area contributed by atoms with Crippen LogP contribution in [0.3, 0.4) is 0 Å². The molecule has 2 aliphatic rings. The van der Waals surface area contributed by atoms with Crippen LogP contribution in [0.5, 0.6) is 0 Å². The molecular formula is C27H30N4O3. The summed E-state index contributed by atoms with van der Waals surface area (Å²) < 4.78 is 5.41. The van der Waals surface area contributed by atoms with E-state index in [1.807, 2.05) is 61.5 Å². The molecule has 7 heteroatoms. The van der Waals surface area contributed by atoms with Crippen LogP contribution in [0, 0.1) is 0 Å². The number of rotatable bonds is 7. The predicted octanol–water partition coefficient (Wildman–Crippen LogP) is 4.05. The fourth-order valence-corrected chi connectivity index (χ4v) is 4.41. The number of fused-ring (bicyclic) bond motifs is 1. The Hall–Kier alpha value is -3.45. The quantitative estimate of drug-likeness (QED) is 0.578. The lowest BCUT2D eigenvalue weighted by Gasteiger charge is -2.29. The number of amides is 2. The SMILES string of the molecule is CCN(CC(=O)Nc1ccc(N2CCOCC2)cc1)C(=O)c1cc(C2CC2)nc2ccccc12. The topological polar surface area (TPSA) is 74.8 Å². The molecule has 0 radical (unpaired) electrons. The maximum absolute atomic E-state index is 13.5. The third kappa shape index (κ3) is 4.89. The van der Waals surface area contributed by atoms with E-state index in [9.17, 15) is 9.59 Å². The number of para-hydroxylation sites is 1. The molecule has 1 aromatic heterocycles. The molecule has 34 heavy (non-hydrogen) atoms. The van der Waals surface area contributed by atoms with Gasteiger partial charge in [0.05, 0.1) is 24.3 Å². The normalized spacial score (nSPS) is 15.9. The van der Waals surface area contributed by atoms with E-state index in [1.165, 1.54) is 0 Å². The number of likely N-dealkylation sites (N-methyl/N-ethyl adjacent to an activating group) is 1. The number of nitrogens with one attached hydrogen (secondary N) is 1. The summed E-state index contributed by atoms with van der Waals surface area (Å²) in [7, 11) is 0. The Morgan fingerprint density at radius 1 is 1.09 bits per heavy atom. The zero-order chi connectivity index (χ0) is 23.5. The van der Waals surface area contributed by atoms with E-state index in [1.54, 1.807) is 4.90 Å². The van der Waals surface area contributed by atoms with Crippen LogP contribution < -0.4 is 10.2 Å². The molecule has 7 nitrogen and oxygen atoms in total. The van der Waals surface area contributed by atoms with Gasteiger partial charge in [0.15, 0.2) is 0 Å². The summed E-state index contributed by atoms with van der Waals surface area (Å²) in [4.78, 5) is 34.9. The van der Waals surface area contributed by atoms with Crippen LogP contribution in [0.1, 0.15) is 41.7 Å². The zero-order valence-electron chi connectivity index (χ0n) is 19.5. The lowest BCUT2D eigenvalue weighted by atomic mass is 10.0. The first-order valence-corrected chi connectivity index (χ1v) is 12.0. The van der Waals surface area contributed by atoms with Crippen molar-refractivity contribution in [2.24, 2.45) is 0 Å². The fourth-order valence-electron chi connectivity index (χ4n) is 4.41. The average Bonchev–Trinajstić information content (AvgIpc) is 3.73. The third-order valence-electron chi connectivity index (χ3n) is 6.49. The molecule has 0 spiro atoms. The second kappa shape index (κ2) is 9.81. The smallest absolute Gasteiger partial charge is 0.255 e. The second-order valence-corrected chi connectivity index (χ2v) is 8.90. The second-order valence-electron chi connectivity index (χ2n) is 8.90. The Kier molecular flexibility index (Phi) is 6.45. The van der Waals surface area contributed by atoms with E-state index in [0.29, 0.717) is 18.0 Å². The molecule has 1 aliphatic carbocycles. The van der Waals surface area contributed by atoms with Crippen molar-refractivity contribution in [2.75, 3.05) is 49.6 Å². The molecule has 0 unspecified atom stereocenters. The van der Waals surface area contributed by atoms with Crippen molar-refractivity contribution in [1.82, 2.24) is 9.88 Å². The number of morpholine rings is 1. The largest absolute Gasteiger partial charge is 0.378 e. The first-order valence-electron chi connectivity index (χ1n) is 12.0. The van der Waals surface area contributed by atoms with Crippen molar-refractivity contribution < 1.29 is 14.3 Å². The van der Waals surface area contributed by atoms with E-state index in [4.69, 9.17) is 9.72 Å². The Morgan fingerprint density at radius 3 is 2.53 bits per heavy atom. The number of carbonyl (C=O) groups excluding carboxylic acids is 2. The summed E-state index contributed by atoms with van der Waals surface area (Å²) in [6, 6.07) is 17.5. The van der Waals surface area contributed by atoms with Gasteiger partial charge in [0.1, 0.15) is 6.54 Å². The summed E-state index contributed by atoms with van der Waals surface area (Å²) in [5.41, 5.74) is 4.26. The number of carbonyl (C=O) groups is 2. The zero-order valence-corrected chi connectivity index (χ0v) is 19.5. The van der Waals surface area contributed by atoms with E-state index >= 15 is 0 Å². The molecular weight excluding hydrogens is 428 g/mol. The molecule has 0 atom stereocenters. The number of hydrogen-bond donors (Lipinski definition) is 1. The van der Waals surface area contributed by atoms with Crippen LogP contribution in [0.15, 0.2) is 54.6 Å². The first-order chi connectivity index (χ1) is 16.6. The minimum atomic E-state index is -0.213. The standard InChI is InChI=1S/C27H30N4O3/c1-2-30(18-26(32)28-20-9-11-21(12-10-20)31-13-15-34-16-14-31)27(33)23-17-25(19-7-8-19)29-24-6-4-3-5-22(23)24/h3-6,9-12,17,19H,2,7-8,13-16,18H2,1H3,(H,28,32). The van der Waals surface area contributed by atoms with Crippen molar-refractivity contribution >= 4 is 34.1 Å². The Bertz CT molecular complexity index is 1180. The van der Waals surface area contributed by atoms with Crippen molar-refractivity contribution in [2.45, 2.75) is 25.7 Å². The predicted molar refractivity (Wildman–Crippen MR) is 133 cm³/mol. The lowest BCUT2D eigenvalue weighted by Crippen LogP contribution is -2.38. The Balaban J connectivity index is 1.28. The van der Waals surface area contributed by atoms with Crippen LogP contribution in [-0.2, 0) is 9.53 Å².